The number of nitrogens with zero attached hydrogens (tertiary/aromatic N) is 1. The van der Waals surface area contributed by atoms with Crippen LogP contribution in [0.1, 0.15) is 4.88 Å². The van der Waals surface area contributed by atoms with Crippen LogP contribution in [0.25, 0.3) is 11.3 Å². The van der Waals surface area contributed by atoms with Gasteiger partial charge in [-0.25, -0.2) is 4.98 Å². The molecule has 2 rings (SSSR count). The molecule has 0 bridgehead atoms. The lowest BCUT2D eigenvalue weighted by atomic mass is 10.2. The van der Waals surface area contributed by atoms with Crippen LogP contribution in [0.2, 0.25) is 0 Å². The molecule has 2 nitrogen and oxygen atoms in total. The normalized spacial score (nSPS) is 10.4. The van der Waals surface area contributed by atoms with Gasteiger partial charge in [0, 0.05) is 10.9 Å². The molecular formula is C8H7NOS2. The van der Waals surface area contributed by atoms with E-state index in [0.717, 1.165) is 16.1 Å². The number of hydrogen-bond acceptors (Lipinski definition) is 4. The van der Waals surface area contributed by atoms with Gasteiger partial charge in [0.15, 0.2) is 0 Å². The lowest BCUT2D eigenvalue weighted by Crippen LogP contribution is -1.81. The fourth-order valence-corrected chi connectivity index (χ4v) is 2.30. The molecule has 2 aromatic rings. The van der Waals surface area contributed by atoms with Crippen molar-refractivity contribution < 1.29 is 5.11 Å². The van der Waals surface area contributed by atoms with Crippen molar-refractivity contribution in [3.05, 3.63) is 27.2 Å². The van der Waals surface area contributed by atoms with E-state index in [0.29, 0.717) is 0 Å². The summed E-state index contributed by atoms with van der Waals surface area (Å²) in [5.74, 6) is 0. The Labute approximate surface area is 78.1 Å². The Morgan fingerprint density at radius 2 is 2.42 bits per heavy atom. The number of hydrogen-bond donors (Lipinski definition) is 1. The number of aromatic nitrogens is 1. The SMILES string of the molecule is OCc1scnc1-c1ccsc1. The second kappa shape index (κ2) is 3.35. The Hall–Kier alpha value is -0.710. The topological polar surface area (TPSA) is 33.1 Å². The van der Waals surface area contributed by atoms with E-state index in [2.05, 4.69) is 4.98 Å². The Balaban J connectivity index is 2.46. The summed E-state index contributed by atoms with van der Waals surface area (Å²) in [6.07, 6.45) is 0. The first kappa shape index (κ1) is 7.91. The predicted octanol–water partition coefficient (Wildman–Crippen LogP) is 2.36. The average molecular weight is 197 g/mol. The molecule has 0 amide bonds. The summed E-state index contributed by atoms with van der Waals surface area (Å²) in [7, 11) is 0. The Morgan fingerprint density at radius 3 is 3.08 bits per heavy atom. The van der Waals surface area contributed by atoms with Gasteiger partial charge in [-0.15, -0.1) is 11.3 Å². The van der Waals surface area contributed by atoms with E-state index >= 15 is 0 Å². The largest absolute Gasteiger partial charge is 0.391 e. The van der Waals surface area contributed by atoms with Gasteiger partial charge in [-0.3, -0.25) is 0 Å². The minimum Gasteiger partial charge on any atom is -0.391 e. The standard InChI is InChI=1S/C8H7NOS2/c10-3-7-8(9-5-12-7)6-1-2-11-4-6/h1-2,4-5,10H,3H2. The highest BCUT2D eigenvalue weighted by Crippen LogP contribution is 2.26. The van der Waals surface area contributed by atoms with Gasteiger partial charge in [-0.2, -0.15) is 11.3 Å². The van der Waals surface area contributed by atoms with Gasteiger partial charge in [0.1, 0.15) is 0 Å². The van der Waals surface area contributed by atoms with E-state index in [1.807, 2.05) is 16.8 Å². The molecule has 0 aromatic carbocycles. The number of thiazole rings is 1. The van der Waals surface area contributed by atoms with Crippen LogP contribution in [0.5, 0.6) is 0 Å². The zero-order valence-corrected chi connectivity index (χ0v) is 7.86. The summed E-state index contributed by atoms with van der Waals surface area (Å²) >= 11 is 3.13. The molecule has 2 aromatic heterocycles. The first-order valence-corrected chi connectivity index (χ1v) is 5.30. The summed E-state index contributed by atoms with van der Waals surface area (Å²) in [6.45, 7) is 0.0792. The zero-order valence-electron chi connectivity index (χ0n) is 6.23. The van der Waals surface area contributed by atoms with Gasteiger partial charge in [-0.05, 0) is 11.4 Å². The molecule has 0 unspecified atom stereocenters. The van der Waals surface area contributed by atoms with E-state index in [-0.39, 0.29) is 6.61 Å². The highest BCUT2D eigenvalue weighted by Gasteiger charge is 2.06. The molecule has 0 aliphatic rings. The molecule has 0 spiro atoms. The van der Waals surface area contributed by atoms with Crippen LogP contribution in [0.4, 0.5) is 0 Å². The molecule has 0 saturated heterocycles. The van der Waals surface area contributed by atoms with Crippen molar-refractivity contribution in [3.63, 3.8) is 0 Å². The van der Waals surface area contributed by atoms with Gasteiger partial charge < -0.3 is 5.11 Å². The van der Waals surface area contributed by atoms with Crippen LogP contribution < -0.4 is 0 Å². The van der Waals surface area contributed by atoms with E-state index in [1.54, 1.807) is 16.8 Å². The number of aliphatic hydroxyl groups excluding tert-OH is 1. The summed E-state index contributed by atoms with van der Waals surface area (Å²) in [4.78, 5) is 5.13. The highest BCUT2D eigenvalue weighted by atomic mass is 32.1. The molecule has 0 atom stereocenters. The van der Waals surface area contributed by atoms with Gasteiger partial charge >= 0.3 is 0 Å². The Kier molecular flexibility index (Phi) is 2.21. The molecule has 4 heteroatoms. The summed E-state index contributed by atoms with van der Waals surface area (Å²) in [5.41, 5.74) is 3.78. The second-order valence-corrected chi connectivity index (χ2v) is 4.01. The predicted molar refractivity (Wildman–Crippen MR) is 51.3 cm³/mol. The second-order valence-electron chi connectivity index (χ2n) is 2.29. The van der Waals surface area contributed by atoms with Crippen LogP contribution in [0, 0.1) is 0 Å². The molecule has 12 heavy (non-hydrogen) atoms. The maximum atomic E-state index is 8.98. The molecule has 0 saturated carbocycles. The van der Waals surface area contributed by atoms with Crippen LogP contribution in [-0.2, 0) is 6.61 Å². The quantitative estimate of drug-likeness (QED) is 0.801. The molecular weight excluding hydrogens is 190 g/mol. The smallest absolute Gasteiger partial charge is 0.0875 e. The minimum atomic E-state index is 0.0792. The van der Waals surface area contributed by atoms with E-state index in [1.165, 1.54) is 11.3 Å². The van der Waals surface area contributed by atoms with Crippen molar-refractivity contribution in [2.24, 2.45) is 0 Å². The third kappa shape index (κ3) is 1.29. The third-order valence-corrected chi connectivity index (χ3v) is 3.08. The van der Waals surface area contributed by atoms with E-state index in [4.69, 9.17) is 5.11 Å². The van der Waals surface area contributed by atoms with Crippen molar-refractivity contribution in [2.45, 2.75) is 6.61 Å². The van der Waals surface area contributed by atoms with Crippen molar-refractivity contribution in [1.82, 2.24) is 4.98 Å². The first-order chi connectivity index (χ1) is 5.92. The molecule has 62 valence electrons. The van der Waals surface area contributed by atoms with Gasteiger partial charge in [0.2, 0.25) is 0 Å². The van der Waals surface area contributed by atoms with Crippen LogP contribution in [0.15, 0.2) is 22.3 Å². The monoisotopic (exact) mass is 197 g/mol. The summed E-state index contributed by atoms with van der Waals surface area (Å²) in [6, 6.07) is 2.01. The van der Waals surface area contributed by atoms with Crippen LogP contribution >= 0.6 is 22.7 Å². The van der Waals surface area contributed by atoms with Gasteiger partial charge in [0.05, 0.1) is 22.7 Å². The summed E-state index contributed by atoms with van der Waals surface area (Å²) < 4.78 is 0. The fraction of sp³-hybridized carbons (Fsp3) is 0.125. The average Bonchev–Trinajstić information content (AvgIpc) is 2.74. The molecule has 0 aliphatic heterocycles. The van der Waals surface area contributed by atoms with Gasteiger partial charge in [0.25, 0.3) is 0 Å². The van der Waals surface area contributed by atoms with Gasteiger partial charge in [-0.1, -0.05) is 0 Å². The van der Waals surface area contributed by atoms with E-state index < -0.39 is 0 Å². The van der Waals surface area contributed by atoms with Crippen LogP contribution in [-0.4, -0.2) is 10.1 Å². The number of aliphatic hydroxyl groups is 1. The van der Waals surface area contributed by atoms with E-state index in [9.17, 15) is 0 Å². The minimum absolute atomic E-state index is 0.0792. The molecule has 0 radical (unpaired) electrons. The third-order valence-electron chi connectivity index (χ3n) is 1.58. The van der Waals surface area contributed by atoms with Crippen LogP contribution in [0.3, 0.4) is 0 Å². The number of thiophene rings is 1. The highest BCUT2D eigenvalue weighted by molar-refractivity contribution is 7.10. The Morgan fingerprint density at radius 1 is 1.50 bits per heavy atom. The maximum Gasteiger partial charge on any atom is 0.0875 e. The maximum absolute atomic E-state index is 8.98. The zero-order chi connectivity index (χ0) is 8.39. The lowest BCUT2D eigenvalue weighted by molar-refractivity contribution is 0.286. The fourth-order valence-electron chi connectivity index (χ4n) is 1.02. The van der Waals surface area contributed by atoms with Crippen molar-refractivity contribution in [2.75, 3.05) is 0 Å². The van der Waals surface area contributed by atoms with Crippen molar-refractivity contribution in [3.8, 4) is 11.3 Å². The lowest BCUT2D eigenvalue weighted by Gasteiger charge is -1.93. The first-order valence-electron chi connectivity index (χ1n) is 3.47. The number of rotatable bonds is 2. The Bertz CT molecular complexity index is 353. The summed E-state index contributed by atoms with van der Waals surface area (Å²) in [5, 5.41) is 13.0. The molecule has 2 heterocycles. The molecule has 1 N–H and O–H groups in total. The molecule has 0 fully saturated rings. The van der Waals surface area contributed by atoms with Crippen molar-refractivity contribution in [1.29, 1.82) is 0 Å². The molecule has 0 aliphatic carbocycles. The van der Waals surface area contributed by atoms with Crippen molar-refractivity contribution >= 4 is 22.7 Å².